The quantitative estimate of drug-likeness (QED) is 0.521. The second-order valence-electron chi connectivity index (χ2n) is 8.30. The van der Waals surface area contributed by atoms with Crippen molar-refractivity contribution >= 4 is 29.9 Å². The Morgan fingerprint density at radius 2 is 1.90 bits per heavy atom. The summed E-state index contributed by atoms with van der Waals surface area (Å²) in [5.41, 5.74) is -0.0935. The van der Waals surface area contributed by atoms with Crippen molar-refractivity contribution in [3.63, 3.8) is 0 Å². The van der Waals surface area contributed by atoms with Crippen molar-refractivity contribution in [2.24, 2.45) is 5.41 Å². The minimum atomic E-state index is -0.468. The lowest BCUT2D eigenvalue weighted by atomic mass is 9.76. The van der Waals surface area contributed by atoms with Crippen LogP contribution in [0.2, 0.25) is 5.02 Å². The predicted octanol–water partition coefficient (Wildman–Crippen LogP) is 1.43. The number of carboxylic acid groups (broad SMARTS) is 1. The van der Waals surface area contributed by atoms with Crippen molar-refractivity contribution in [2.45, 2.75) is 44.3 Å². The molecule has 1 unspecified atom stereocenters. The van der Waals surface area contributed by atoms with E-state index >= 15 is 0 Å². The molecule has 1 amide bonds. The summed E-state index contributed by atoms with van der Waals surface area (Å²) in [6, 6.07) is 3.29. The van der Waals surface area contributed by atoms with Gasteiger partial charge in [0.15, 0.2) is 0 Å². The molecule has 10 heteroatoms. The SMILES string of the molecule is O=C(c1ccc(Cl)cn1)N1CCC2(CC1)CC(CN1CCC(O)CC1)OC2=O.O=CO. The van der Waals surface area contributed by atoms with Gasteiger partial charge in [-0.15, -0.1) is 0 Å². The predicted molar refractivity (Wildman–Crippen MR) is 112 cm³/mol. The van der Waals surface area contributed by atoms with Gasteiger partial charge < -0.3 is 19.8 Å². The summed E-state index contributed by atoms with van der Waals surface area (Å²) < 4.78 is 5.70. The van der Waals surface area contributed by atoms with Crippen molar-refractivity contribution in [1.82, 2.24) is 14.8 Å². The number of amides is 1. The van der Waals surface area contributed by atoms with Gasteiger partial charge in [-0.3, -0.25) is 19.3 Å². The van der Waals surface area contributed by atoms with Crippen molar-refractivity contribution in [3.05, 3.63) is 29.0 Å². The van der Waals surface area contributed by atoms with Gasteiger partial charge in [0, 0.05) is 45.3 Å². The Balaban J connectivity index is 0.000000858. The van der Waals surface area contributed by atoms with E-state index in [0.717, 1.165) is 32.5 Å². The third-order valence-corrected chi connectivity index (χ3v) is 6.52. The molecule has 1 atom stereocenters. The van der Waals surface area contributed by atoms with Crippen LogP contribution in [0.1, 0.15) is 42.6 Å². The highest BCUT2D eigenvalue weighted by atomic mass is 35.5. The van der Waals surface area contributed by atoms with E-state index in [0.29, 0.717) is 43.1 Å². The Morgan fingerprint density at radius 1 is 1.26 bits per heavy atom. The maximum absolute atomic E-state index is 12.6. The average molecular weight is 454 g/mol. The van der Waals surface area contributed by atoms with E-state index in [9.17, 15) is 14.7 Å². The van der Waals surface area contributed by atoms with Gasteiger partial charge in [0.2, 0.25) is 0 Å². The summed E-state index contributed by atoms with van der Waals surface area (Å²) >= 11 is 5.84. The van der Waals surface area contributed by atoms with Gasteiger partial charge in [0.05, 0.1) is 16.5 Å². The van der Waals surface area contributed by atoms with E-state index in [2.05, 4.69) is 9.88 Å². The van der Waals surface area contributed by atoms with Crippen LogP contribution in [0.25, 0.3) is 0 Å². The molecule has 3 aliphatic heterocycles. The molecule has 4 rings (SSSR count). The van der Waals surface area contributed by atoms with Gasteiger partial charge >= 0.3 is 5.97 Å². The number of nitrogens with zero attached hydrogens (tertiary/aromatic N) is 3. The zero-order valence-electron chi connectivity index (χ0n) is 17.3. The molecule has 0 saturated carbocycles. The summed E-state index contributed by atoms with van der Waals surface area (Å²) in [4.78, 5) is 41.7. The molecule has 3 aliphatic rings. The molecule has 2 N–H and O–H groups in total. The van der Waals surface area contributed by atoms with Crippen molar-refractivity contribution in [2.75, 3.05) is 32.7 Å². The fraction of sp³-hybridized carbons (Fsp3) is 0.619. The molecule has 0 bridgehead atoms. The first-order chi connectivity index (χ1) is 14.9. The minimum absolute atomic E-state index is 0.0945. The lowest BCUT2D eigenvalue weighted by molar-refractivity contribution is -0.151. The minimum Gasteiger partial charge on any atom is -0.483 e. The number of ether oxygens (including phenoxy) is 1. The van der Waals surface area contributed by atoms with Crippen LogP contribution < -0.4 is 0 Å². The average Bonchev–Trinajstić information content (AvgIpc) is 3.05. The number of hydrogen-bond acceptors (Lipinski definition) is 7. The summed E-state index contributed by atoms with van der Waals surface area (Å²) in [6.07, 6.45) is 4.70. The van der Waals surface area contributed by atoms with Crippen LogP contribution >= 0.6 is 11.6 Å². The van der Waals surface area contributed by atoms with Gasteiger partial charge in [-0.05, 0) is 37.8 Å². The molecule has 31 heavy (non-hydrogen) atoms. The molecule has 0 aromatic carbocycles. The molecule has 1 aromatic heterocycles. The number of aromatic nitrogens is 1. The number of carbonyl (C=O) groups is 3. The molecule has 1 aromatic rings. The Labute approximate surface area is 185 Å². The van der Waals surface area contributed by atoms with Crippen LogP contribution in [-0.2, 0) is 14.3 Å². The van der Waals surface area contributed by atoms with Gasteiger partial charge in [-0.1, -0.05) is 11.6 Å². The number of esters is 1. The number of hydrogen-bond donors (Lipinski definition) is 2. The molecule has 3 saturated heterocycles. The molecule has 4 heterocycles. The van der Waals surface area contributed by atoms with Crippen LogP contribution in [-0.4, -0.2) is 88.3 Å². The fourth-order valence-electron chi connectivity index (χ4n) is 4.54. The number of pyridine rings is 1. The highest BCUT2D eigenvalue weighted by molar-refractivity contribution is 6.30. The summed E-state index contributed by atoms with van der Waals surface area (Å²) in [5.74, 6) is -0.243. The van der Waals surface area contributed by atoms with E-state index in [4.69, 9.17) is 26.2 Å². The monoisotopic (exact) mass is 453 g/mol. The Bertz CT molecular complexity index is 774. The van der Waals surface area contributed by atoms with E-state index in [1.54, 1.807) is 17.0 Å². The third kappa shape index (κ3) is 5.72. The Morgan fingerprint density at radius 3 is 2.48 bits per heavy atom. The first kappa shape index (κ1) is 23.4. The smallest absolute Gasteiger partial charge is 0.312 e. The zero-order valence-corrected chi connectivity index (χ0v) is 18.0. The normalized spacial score (nSPS) is 23.7. The number of carbonyl (C=O) groups excluding carboxylic acids is 2. The Hall–Kier alpha value is -2.23. The van der Waals surface area contributed by atoms with Crippen molar-refractivity contribution < 1.29 is 29.3 Å². The van der Waals surface area contributed by atoms with Crippen molar-refractivity contribution in [3.8, 4) is 0 Å². The lowest BCUT2D eigenvalue weighted by Gasteiger charge is -2.36. The van der Waals surface area contributed by atoms with Gasteiger partial charge in [0.25, 0.3) is 12.4 Å². The van der Waals surface area contributed by atoms with Crippen LogP contribution in [0.5, 0.6) is 0 Å². The number of piperidine rings is 2. The number of rotatable bonds is 3. The molecular formula is C21H28ClN3O6. The number of aliphatic hydroxyl groups is 1. The highest BCUT2D eigenvalue weighted by Gasteiger charge is 2.51. The molecular weight excluding hydrogens is 426 g/mol. The van der Waals surface area contributed by atoms with Gasteiger partial charge in [0.1, 0.15) is 11.8 Å². The van der Waals surface area contributed by atoms with Crippen LogP contribution in [0.3, 0.4) is 0 Å². The van der Waals surface area contributed by atoms with E-state index in [1.165, 1.54) is 6.20 Å². The third-order valence-electron chi connectivity index (χ3n) is 6.30. The first-order valence-corrected chi connectivity index (χ1v) is 10.8. The van der Waals surface area contributed by atoms with Crippen LogP contribution in [0.4, 0.5) is 0 Å². The summed E-state index contributed by atoms with van der Waals surface area (Å²) in [7, 11) is 0. The Kier molecular flexibility index (Phi) is 7.85. The summed E-state index contributed by atoms with van der Waals surface area (Å²) in [5, 5.41) is 17.0. The van der Waals surface area contributed by atoms with E-state index in [-0.39, 0.29) is 30.6 Å². The number of cyclic esters (lactones) is 1. The molecule has 170 valence electrons. The molecule has 3 fully saturated rings. The number of aliphatic hydroxyl groups excluding tert-OH is 1. The number of likely N-dealkylation sites (tertiary alicyclic amines) is 2. The van der Waals surface area contributed by atoms with E-state index in [1.807, 2.05) is 0 Å². The van der Waals surface area contributed by atoms with Crippen LogP contribution in [0, 0.1) is 5.41 Å². The maximum atomic E-state index is 12.6. The standard InChI is InChI=1S/C20H26ClN3O4.CH2O2/c21-14-1-2-17(22-12-14)18(26)24-9-5-20(6-10-24)11-16(28-19(20)27)13-23-7-3-15(25)4-8-23;2-1-3/h1-2,12,15-16,25H,3-11,13H2;1H,(H,2,3). The topological polar surface area (TPSA) is 120 Å². The second kappa shape index (κ2) is 10.4. The number of halogens is 1. The van der Waals surface area contributed by atoms with E-state index < -0.39 is 5.41 Å². The fourth-order valence-corrected chi connectivity index (χ4v) is 4.65. The summed E-state index contributed by atoms with van der Waals surface area (Å²) in [6.45, 7) is 3.23. The van der Waals surface area contributed by atoms with Gasteiger partial charge in [-0.2, -0.15) is 0 Å². The van der Waals surface area contributed by atoms with Crippen LogP contribution in [0.15, 0.2) is 18.3 Å². The lowest BCUT2D eigenvalue weighted by Crippen LogP contribution is -2.45. The molecule has 9 nitrogen and oxygen atoms in total. The first-order valence-electron chi connectivity index (χ1n) is 10.5. The zero-order chi connectivity index (χ0) is 22.4. The molecule has 0 aliphatic carbocycles. The largest absolute Gasteiger partial charge is 0.483 e. The second-order valence-corrected chi connectivity index (χ2v) is 8.74. The van der Waals surface area contributed by atoms with Gasteiger partial charge in [-0.25, -0.2) is 4.98 Å². The van der Waals surface area contributed by atoms with Crippen molar-refractivity contribution in [1.29, 1.82) is 0 Å². The highest BCUT2D eigenvalue weighted by Crippen LogP contribution is 2.43. The molecule has 1 spiro atoms. The molecule has 0 radical (unpaired) electrons. The maximum Gasteiger partial charge on any atom is 0.312 e.